The molecule has 0 aliphatic carbocycles. The Balaban J connectivity index is 1.28. The molecule has 0 saturated carbocycles. The molecule has 24 heavy (non-hydrogen) atoms. The summed E-state index contributed by atoms with van der Waals surface area (Å²) in [5.41, 5.74) is 1.43. The molecule has 3 rings (SSSR count). The third-order valence-electron chi connectivity index (χ3n) is 5.11. The molecule has 4 nitrogen and oxygen atoms in total. The van der Waals surface area contributed by atoms with Crippen LogP contribution in [-0.4, -0.2) is 49.4 Å². The van der Waals surface area contributed by atoms with Crippen molar-refractivity contribution in [1.29, 1.82) is 0 Å². The first kappa shape index (κ1) is 17.2. The van der Waals surface area contributed by atoms with Crippen molar-refractivity contribution in [1.82, 2.24) is 4.90 Å². The average Bonchev–Trinajstić information content (AvgIpc) is 3.17. The number of ketones is 1. The van der Waals surface area contributed by atoms with Crippen LogP contribution in [0.1, 0.15) is 37.7 Å². The highest BCUT2D eigenvalue weighted by molar-refractivity contribution is 6.36. The largest absolute Gasteiger partial charge is 0.473 e. The number of carbonyl (C=O) groups is 1. The van der Waals surface area contributed by atoms with Gasteiger partial charge in [-0.3, -0.25) is 4.79 Å². The van der Waals surface area contributed by atoms with E-state index in [9.17, 15) is 4.79 Å². The summed E-state index contributed by atoms with van der Waals surface area (Å²) in [6.45, 7) is 4.76. The standard InChI is InChI=1S/C20H28N2O2/c23-19(20-21-12-16-24-20)8-4-7-18-10-14-22(15-11-18)13-9-17-5-2-1-3-6-17/h1-3,5-6,18H,4,7-16H2. The van der Waals surface area contributed by atoms with Crippen LogP contribution in [0.4, 0.5) is 0 Å². The fourth-order valence-electron chi connectivity index (χ4n) is 3.59. The second-order valence-electron chi connectivity index (χ2n) is 6.87. The Hall–Kier alpha value is -1.68. The van der Waals surface area contributed by atoms with Crippen molar-refractivity contribution in [3.63, 3.8) is 0 Å². The van der Waals surface area contributed by atoms with E-state index in [0.29, 0.717) is 25.5 Å². The van der Waals surface area contributed by atoms with E-state index >= 15 is 0 Å². The van der Waals surface area contributed by atoms with Gasteiger partial charge in [-0.15, -0.1) is 0 Å². The van der Waals surface area contributed by atoms with Crippen LogP contribution in [0.25, 0.3) is 0 Å². The summed E-state index contributed by atoms with van der Waals surface area (Å²) < 4.78 is 5.23. The molecule has 2 heterocycles. The average molecular weight is 328 g/mol. The van der Waals surface area contributed by atoms with Crippen LogP contribution in [0, 0.1) is 5.92 Å². The summed E-state index contributed by atoms with van der Waals surface area (Å²) in [6.07, 6.45) is 6.39. The molecule has 0 atom stereocenters. The van der Waals surface area contributed by atoms with Gasteiger partial charge in [-0.25, -0.2) is 4.99 Å². The van der Waals surface area contributed by atoms with E-state index in [-0.39, 0.29) is 5.78 Å². The molecule has 130 valence electrons. The Kier molecular flexibility index (Phi) is 6.41. The first-order valence-electron chi connectivity index (χ1n) is 9.28. The van der Waals surface area contributed by atoms with E-state index in [0.717, 1.165) is 31.7 Å². The minimum absolute atomic E-state index is 0.0906. The van der Waals surface area contributed by atoms with Crippen LogP contribution in [0.15, 0.2) is 35.3 Å². The first-order chi connectivity index (χ1) is 11.8. The van der Waals surface area contributed by atoms with Crippen LogP contribution < -0.4 is 0 Å². The monoisotopic (exact) mass is 328 g/mol. The fourth-order valence-corrected chi connectivity index (χ4v) is 3.59. The van der Waals surface area contributed by atoms with E-state index in [1.807, 2.05) is 0 Å². The van der Waals surface area contributed by atoms with Crippen LogP contribution in [0.2, 0.25) is 0 Å². The van der Waals surface area contributed by atoms with Crippen molar-refractivity contribution in [2.24, 2.45) is 10.9 Å². The summed E-state index contributed by atoms with van der Waals surface area (Å²) in [5, 5.41) is 0. The number of benzene rings is 1. The number of hydrogen-bond donors (Lipinski definition) is 0. The van der Waals surface area contributed by atoms with Crippen LogP contribution in [0.3, 0.4) is 0 Å². The molecule has 0 bridgehead atoms. The van der Waals surface area contributed by atoms with Crippen LogP contribution >= 0.6 is 0 Å². The molecule has 0 aromatic heterocycles. The highest BCUT2D eigenvalue weighted by Crippen LogP contribution is 2.23. The molecule has 2 aliphatic heterocycles. The highest BCUT2D eigenvalue weighted by atomic mass is 16.5. The van der Waals surface area contributed by atoms with E-state index in [1.54, 1.807) is 0 Å². The Bertz CT molecular complexity index is 548. The number of piperidine rings is 1. The van der Waals surface area contributed by atoms with E-state index < -0.39 is 0 Å². The minimum Gasteiger partial charge on any atom is -0.473 e. The molecule has 2 aliphatic rings. The van der Waals surface area contributed by atoms with Gasteiger partial charge in [0.1, 0.15) is 6.61 Å². The number of hydrogen-bond acceptors (Lipinski definition) is 4. The number of Topliss-reactive ketones (excluding diaryl/α,β-unsaturated/α-hetero) is 1. The van der Waals surface area contributed by atoms with Gasteiger partial charge in [0.2, 0.25) is 5.78 Å². The molecular weight excluding hydrogens is 300 g/mol. The molecule has 1 aromatic carbocycles. The van der Waals surface area contributed by atoms with Crippen molar-refractivity contribution in [3.8, 4) is 0 Å². The van der Waals surface area contributed by atoms with Crippen molar-refractivity contribution < 1.29 is 9.53 Å². The lowest BCUT2D eigenvalue weighted by atomic mass is 9.91. The van der Waals surface area contributed by atoms with Crippen LogP contribution in [0.5, 0.6) is 0 Å². The highest BCUT2D eigenvalue weighted by Gasteiger charge is 2.20. The van der Waals surface area contributed by atoms with Gasteiger partial charge >= 0.3 is 0 Å². The predicted octanol–water partition coefficient (Wildman–Crippen LogP) is 3.11. The zero-order valence-corrected chi connectivity index (χ0v) is 14.5. The maximum Gasteiger partial charge on any atom is 0.253 e. The van der Waals surface area contributed by atoms with Crippen molar-refractivity contribution >= 4 is 11.7 Å². The number of likely N-dealkylation sites (tertiary alicyclic amines) is 1. The summed E-state index contributed by atoms with van der Waals surface area (Å²) in [7, 11) is 0. The Morgan fingerprint density at radius 1 is 1.21 bits per heavy atom. The lowest BCUT2D eigenvalue weighted by molar-refractivity contribution is -0.114. The molecular formula is C20H28N2O2. The van der Waals surface area contributed by atoms with Crippen molar-refractivity contribution in [2.75, 3.05) is 32.8 Å². The van der Waals surface area contributed by atoms with Gasteiger partial charge in [-0.2, -0.15) is 0 Å². The Morgan fingerprint density at radius 2 is 2.00 bits per heavy atom. The van der Waals surface area contributed by atoms with Gasteiger partial charge < -0.3 is 9.64 Å². The molecule has 0 N–H and O–H groups in total. The number of carbonyl (C=O) groups excluding carboxylic acids is 1. The van der Waals surface area contributed by atoms with E-state index in [2.05, 4.69) is 40.2 Å². The van der Waals surface area contributed by atoms with Crippen molar-refractivity contribution in [2.45, 2.75) is 38.5 Å². The molecule has 0 amide bonds. The second-order valence-corrected chi connectivity index (χ2v) is 6.87. The molecule has 1 fully saturated rings. The first-order valence-corrected chi connectivity index (χ1v) is 9.28. The Labute approximate surface area is 144 Å². The molecule has 0 unspecified atom stereocenters. The number of aliphatic imine (C=N–C) groups is 1. The summed E-state index contributed by atoms with van der Waals surface area (Å²) in [4.78, 5) is 18.6. The van der Waals surface area contributed by atoms with Crippen molar-refractivity contribution in [3.05, 3.63) is 35.9 Å². The van der Waals surface area contributed by atoms with E-state index in [1.165, 1.54) is 31.5 Å². The lowest BCUT2D eigenvalue weighted by Crippen LogP contribution is -2.35. The predicted molar refractivity (Wildman–Crippen MR) is 96.4 cm³/mol. The second kappa shape index (κ2) is 8.97. The maximum absolute atomic E-state index is 11.9. The van der Waals surface area contributed by atoms with E-state index in [4.69, 9.17) is 4.74 Å². The zero-order valence-electron chi connectivity index (χ0n) is 14.5. The topological polar surface area (TPSA) is 41.9 Å². The molecule has 4 heteroatoms. The van der Waals surface area contributed by atoms with Crippen LogP contribution in [-0.2, 0) is 16.0 Å². The summed E-state index contributed by atoms with van der Waals surface area (Å²) in [6, 6.07) is 10.7. The SMILES string of the molecule is O=C(CCCC1CCN(CCc2ccccc2)CC1)C1=NCCO1. The van der Waals surface area contributed by atoms with Gasteiger partial charge in [-0.1, -0.05) is 30.3 Å². The zero-order chi connectivity index (χ0) is 16.6. The number of ether oxygens (including phenoxy) is 1. The maximum atomic E-state index is 11.9. The van der Waals surface area contributed by atoms with Gasteiger partial charge in [0.05, 0.1) is 6.54 Å². The quantitative estimate of drug-likeness (QED) is 0.736. The Morgan fingerprint density at radius 3 is 2.71 bits per heavy atom. The number of nitrogens with zero attached hydrogens (tertiary/aromatic N) is 2. The normalized spacial score (nSPS) is 19.1. The molecule has 1 aromatic rings. The van der Waals surface area contributed by atoms with Gasteiger partial charge in [-0.05, 0) is 56.7 Å². The van der Waals surface area contributed by atoms with Gasteiger partial charge in [0.25, 0.3) is 5.90 Å². The summed E-state index contributed by atoms with van der Waals surface area (Å²) >= 11 is 0. The third kappa shape index (κ3) is 5.17. The lowest BCUT2D eigenvalue weighted by Gasteiger charge is -2.32. The third-order valence-corrected chi connectivity index (χ3v) is 5.11. The molecule has 1 saturated heterocycles. The number of rotatable bonds is 8. The van der Waals surface area contributed by atoms with Gasteiger partial charge in [0, 0.05) is 13.0 Å². The molecule has 0 radical (unpaired) electrons. The molecule has 0 spiro atoms. The van der Waals surface area contributed by atoms with Gasteiger partial charge in [0.15, 0.2) is 0 Å². The summed E-state index contributed by atoms with van der Waals surface area (Å²) in [5.74, 6) is 1.23. The smallest absolute Gasteiger partial charge is 0.253 e. The fraction of sp³-hybridized carbons (Fsp3) is 0.600. The minimum atomic E-state index is 0.0906.